The Bertz CT molecular complexity index is 1230. The van der Waals surface area contributed by atoms with Crippen molar-refractivity contribution in [3.05, 3.63) is 0 Å². The molecule has 0 amide bonds. The summed E-state index contributed by atoms with van der Waals surface area (Å²) in [7, 11) is 3.65. The molecule has 18 atom stereocenters. The molecule has 3 heterocycles. The molecule has 3 rings (SSSR count). The van der Waals surface area contributed by atoms with Crippen LogP contribution in [-0.4, -0.2) is 166 Å². The Morgan fingerprint density at radius 2 is 1.61 bits per heavy atom. The highest BCUT2D eigenvalue weighted by atomic mass is 16.7. The Morgan fingerprint density at radius 3 is 2.20 bits per heavy atom. The van der Waals surface area contributed by atoms with Crippen LogP contribution in [0.25, 0.3) is 0 Å². The summed E-state index contributed by atoms with van der Waals surface area (Å²) in [5.74, 6) is -3.13. The highest BCUT2D eigenvalue weighted by molar-refractivity contribution is 5.73. The lowest BCUT2D eigenvalue weighted by molar-refractivity contribution is -0.310. The number of likely N-dealkylation sites (N-methyl/N-ethyl adjacent to an activating group) is 2. The highest BCUT2D eigenvalue weighted by Gasteiger charge is 2.51. The van der Waals surface area contributed by atoms with Gasteiger partial charge < -0.3 is 58.9 Å². The fraction of sp³-hybridized carbons (Fsp3) is 0.951. The van der Waals surface area contributed by atoms with E-state index in [1.165, 1.54) is 6.92 Å². The van der Waals surface area contributed by atoms with Crippen LogP contribution >= 0.6 is 0 Å². The quantitative estimate of drug-likeness (QED) is 0.202. The van der Waals surface area contributed by atoms with Gasteiger partial charge in [-0.15, -0.1) is 0 Å². The predicted molar refractivity (Wildman–Crippen MR) is 208 cm³/mol. The van der Waals surface area contributed by atoms with Gasteiger partial charge >= 0.3 is 11.9 Å². The molecule has 3 saturated heterocycles. The minimum atomic E-state index is -1.81. The number of cyclic esters (lactones) is 1. The zero-order valence-corrected chi connectivity index (χ0v) is 36.3. The Hall–Kier alpha value is -1.50. The molecular formula is C41H76N2O13. The van der Waals surface area contributed by atoms with E-state index >= 15 is 0 Å². The van der Waals surface area contributed by atoms with Gasteiger partial charge in [-0.25, -0.2) is 0 Å². The van der Waals surface area contributed by atoms with Gasteiger partial charge in [0.25, 0.3) is 0 Å². The van der Waals surface area contributed by atoms with Gasteiger partial charge in [0, 0.05) is 37.5 Å². The zero-order chi connectivity index (χ0) is 42.4. The van der Waals surface area contributed by atoms with Crippen molar-refractivity contribution < 1.29 is 63.5 Å². The molecule has 0 bridgehead atoms. The van der Waals surface area contributed by atoms with Crippen molar-refractivity contribution in [1.29, 1.82) is 0 Å². The molecular weight excluding hydrogens is 728 g/mol. The molecule has 0 aromatic heterocycles. The smallest absolute Gasteiger partial charge is 0.311 e. The number of ether oxygens (including phenoxy) is 6. The lowest BCUT2D eigenvalue weighted by atomic mass is 9.77. The number of aliphatic hydroxyl groups is 5. The number of rotatable bonds is 10. The second-order valence-corrected chi connectivity index (χ2v) is 17.8. The maximum absolute atomic E-state index is 14.2. The van der Waals surface area contributed by atoms with Crippen molar-refractivity contribution in [2.75, 3.05) is 33.8 Å². The summed E-state index contributed by atoms with van der Waals surface area (Å²) in [4.78, 5) is 30.2. The van der Waals surface area contributed by atoms with E-state index < -0.39 is 96.4 Å². The van der Waals surface area contributed by atoms with Crippen molar-refractivity contribution in [3.63, 3.8) is 0 Å². The third-order valence-electron chi connectivity index (χ3n) is 12.6. The number of carbonyl (C=O) groups is 2. The largest absolute Gasteiger partial charge is 0.466 e. The van der Waals surface area contributed by atoms with E-state index in [2.05, 4.69) is 0 Å². The number of carbonyl (C=O) groups excluding carboxylic acids is 2. The normalized spacial score (nSPS) is 45.4. The fourth-order valence-corrected chi connectivity index (χ4v) is 9.10. The summed E-state index contributed by atoms with van der Waals surface area (Å²) in [5.41, 5.74) is -3.40. The van der Waals surface area contributed by atoms with E-state index in [4.69, 9.17) is 28.4 Å². The van der Waals surface area contributed by atoms with E-state index in [9.17, 15) is 35.1 Å². The van der Waals surface area contributed by atoms with Gasteiger partial charge in [-0.2, -0.15) is 0 Å². The van der Waals surface area contributed by atoms with Crippen LogP contribution < -0.4 is 0 Å². The molecule has 3 aliphatic heterocycles. The average molecular weight is 805 g/mol. The standard InChI is InChI=1S/C41H76N2O13/c1-14-30-41(11,50)36(47)27(8)43(13)21-22(3)20-40(10,49)37(56-39-34(46)29(19-24(5)52-39)42(12)17-16-31(44)51-15-2)25(6)35(26(7)38(48)54-30)55-32-18-23(4)33(45)28(9)53-32/h22-30,32-37,39,45-47,49-50H,14-21H2,1-13H3/t22-,23+,24-,25+,26-,27-,28+,29+,30-,32+,33-,34-,35+,36-,37-,39+,40-,41-/m1/s1. The topological polar surface area (TPSA) is 197 Å². The Balaban J connectivity index is 2.11. The molecule has 3 aliphatic rings. The summed E-state index contributed by atoms with van der Waals surface area (Å²) < 4.78 is 37.0. The van der Waals surface area contributed by atoms with Crippen LogP contribution in [0.5, 0.6) is 0 Å². The third kappa shape index (κ3) is 12.0. The van der Waals surface area contributed by atoms with E-state index in [1.54, 1.807) is 41.5 Å². The molecule has 0 aromatic carbocycles. The first kappa shape index (κ1) is 48.9. The van der Waals surface area contributed by atoms with Crippen LogP contribution in [0.1, 0.15) is 108 Å². The third-order valence-corrected chi connectivity index (χ3v) is 12.6. The zero-order valence-electron chi connectivity index (χ0n) is 36.3. The minimum Gasteiger partial charge on any atom is -0.466 e. The molecule has 0 aromatic rings. The van der Waals surface area contributed by atoms with E-state index in [0.717, 1.165) is 0 Å². The molecule has 0 unspecified atom stereocenters. The van der Waals surface area contributed by atoms with Gasteiger partial charge in [0.15, 0.2) is 12.6 Å². The van der Waals surface area contributed by atoms with Gasteiger partial charge in [-0.05, 0) is 93.7 Å². The van der Waals surface area contributed by atoms with Gasteiger partial charge in [0.1, 0.15) is 23.9 Å². The molecule has 0 aliphatic carbocycles. The van der Waals surface area contributed by atoms with Crippen LogP contribution in [0.4, 0.5) is 0 Å². The number of hydrogen-bond acceptors (Lipinski definition) is 15. The van der Waals surface area contributed by atoms with E-state index in [1.807, 2.05) is 51.6 Å². The number of esters is 2. The van der Waals surface area contributed by atoms with Crippen molar-refractivity contribution >= 4 is 11.9 Å². The molecule has 0 spiro atoms. The first-order valence-corrected chi connectivity index (χ1v) is 20.8. The molecule has 56 heavy (non-hydrogen) atoms. The summed E-state index contributed by atoms with van der Waals surface area (Å²) in [6.07, 6.45) is -7.91. The molecule has 15 nitrogen and oxygen atoms in total. The van der Waals surface area contributed by atoms with Gasteiger partial charge in [-0.3, -0.25) is 14.5 Å². The fourth-order valence-electron chi connectivity index (χ4n) is 9.10. The lowest BCUT2D eigenvalue weighted by Crippen LogP contribution is -2.60. The maximum Gasteiger partial charge on any atom is 0.311 e. The average Bonchev–Trinajstić information content (AvgIpc) is 3.11. The highest BCUT2D eigenvalue weighted by Crippen LogP contribution is 2.39. The van der Waals surface area contributed by atoms with Crippen molar-refractivity contribution in [3.8, 4) is 0 Å². The Kier molecular flexibility index (Phi) is 18.0. The van der Waals surface area contributed by atoms with Crippen LogP contribution in [0, 0.1) is 23.7 Å². The van der Waals surface area contributed by atoms with Gasteiger partial charge in [0.05, 0.1) is 55.1 Å². The molecule has 5 N–H and O–H groups in total. The monoisotopic (exact) mass is 805 g/mol. The SMILES string of the molecule is CCOC(=O)CCN(C)[C@H]1C[C@@H](C)O[C@@H](O[C@@H]2[C@@H](C)[C@H](O[C@H]3C[C@H](C)[C@@H](O)[C@H](C)O3)[C@@H](C)C(=O)O[C@H](CC)[C@@](C)(O)[C@H](O)[C@@H](C)N(C)C[C@H](C)C[C@@]2(C)O)[C@@H]1O. The van der Waals surface area contributed by atoms with Gasteiger partial charge in [0.2, 0.25) is 0 Å². The number of hydrogen-bond donors (Lipinski definition) is 5. The van der Waals surface area contributed by atoms with E-state index in [-0.39, 0.29) is 49.8 Å². The molecule has 328 valence electrons. The summed E-state index contributed by atoms with van der Waals surface area (Å²) >= 11 is 0. The van der Waals surface area contributed by atoms with Crippen molar-refractivity contribution in [2.24, 2.45) is 23.7 Å². The maximum atomic E-state index is 14.2. The number of nitrogens with zero attached hydrogens (tertiary/aromatic N) is 2. The predicted octanol–water partition coefficient (Wildman–Crippen LogP) is 2.46. The molecule has 0 radical (unpaired) electrons. The lowest BCUT2D eigenvalue weighted by Gasteiger charge is -2.48. The summed E-state index contributed by atoms with van der Waals surface area (Å²) in [6.45, 7) is 20.5. The minimum absolute atomic E-state index is 0.142. The van der Waals surface area contributed by atoms with Crippen LogP contribution in [0.2, 0.25) is 0 Å². The van der Waals surface area contributed by atoms with Crippen LogP contribution in [0.3, 0.4) is 0 Å². The molecule has 0 saturated carbocycles. The van der Waals surface area contributed by atoms with Crippen molar-refractivity contribution in [1.82, 2.24) is 9.80 Å². The summed E-state index contributed by atoms with van der Waals surface area (Å²) in [5, 5.41) is 58.3. The first-order valence-electron chi connectivity index (χ1n) is 20.8. The first-order chi connectivity index (χ1) is 26.0. The van der Waals surface area contributed by atoms with E-state index in [0.29, 0.717) is 25.9 Å². The second-order valence-electron chi connectivity index (χ2n) is 17.8. The van der Waals surface area contributed by atoms with Crippen LogP contribution in [-0.2, 0) is 38.0 Å². The van der Waals surface area contributed by atoms with Crippen molar-refractivity contribution in [2.45, 2.75) is 193 Å². The second kappa shape index (κ2) is 20.7. The van der Waals surface area contributed by atoms with Gasteiger partial charge in [-0.1, -0.05) is 27.7 Å². The van der Waals surface area contributed by atoms with Crippen LogP contribution in [0.15, 0.2) is 0 Å². The molecule has 3 fully saturated rings. The Morgan fingerprint density at radius 1 is 0.964 bits per heavy atom. The summed E-state index contributed by atoms with van der Waals surface area (Å²) in [6, 6.07) is -1.01. The Labute approximate surface area is 335 Å². The molecule has 15 heteroatoms. The number of aliphatic hydroxyl groups excluding tert-OH is 3.